The second-order valence-corrected chi connectivity index (χ2v) is 9.54. The van der Waals surface area contributed by atoms with Gasteiger partial charge < -0.3 is 9.47 Å². The quantitative estimate of drug-likeness (QED) is 0.104. The van der Waals surface area contributed by atoms with Crippen LogP contribution in [0.15, 0.2) is 80.9 Å². The van der Waals surface area contributed by atoms with Gasteiger partial charge in [-0.3, -0.25) is 9.59 Å². The normalized spacial score (nSPS) is 10.9. The summed E-state index contributed by atoms with van der Waals surface area (Å²) >= 11 is 6.82. The van der Waals surface area contributed by atoms with E-state index in [1.54, 1.807) is 12.2 Å². The molecule has 0 unspecified atom stereocenters. The molecule has 0 bridgehead atoms. The van der Waals surface area contributed by atoms with Crippen molar-refractivity contribution in [3.63, 3.8) is 0 Å². The molecule has 0 saturated carbocycles. The first-order valence-corrected chi connectivity index (χ1v) is 13.2. The number of halogens is 2. The molecular weight excluding hydrogens is 604 g/mol. The molecule has 10 heteroatoms. The molecule has 196 valence electrons. The number of hydrogen-bond donors (Lipinski definition) is 2. The van der Waals surface area contributed by atoms with E-state index >= 15 is 0 Å². The van der Waals surface area contributed by atoms with E-state index in [-0.39, 0.29) is 11.8 Å². The van der Waals surface area contributed by atoms with Crippen LogP contribution >= 0.6 is 31.9 Å². The largest absolute Gasteiger partial charge is 0.489 e. The van der Waals surface area contributed by atoms with Gasteiger partial charge in [-0.2, -0.15) is 10.2 Å². The van der Waals surface area contributed by atoms with E-state index in [1.165, 1.54) is 12.4 Å². The number of carbonyl (C=O) groups excluding carboxylic acids is 2. The molecule has 0 heterocycles. The van der Waals surface area contributed by atoms with E-state index in [2.05, 4.69) is 66.1 Å². The molecule has 0 aromatic heterocycles. The maximum absolute atomic E-state index is 12.1. The number of amides is 2. The molecular formula is C27H30Br2N4O4. The molecule has 2 amide bonds. The van der Waals surface area contributed by atoms with Crippen LogP contribution in [0.2, 0.25) is 0 Å². The van der Waals surface area contributed by atoms with Crippen molar-refractivity contribution in [1.29, 1.82) is 0 Å². The van der Waals surface area contributed by atoms with Crippen LogP contribution in [0.4, 0.5) is 0 Å². The van der Waals surface area contributed by atoms with Gasteiger partial charge in [0, 0.05) is 32.9 Å². The Balaban J connectivity index is 1.67. The highest BCUT2D eigenvalue weighted by atomic mass is 79.9. The number of hydrazone groups is 2. The molecule has 8 nitrogen and oxygen atoms in total. The number of benzene rings is 2. The predicted molar refractivity (Wildman–Crippen MR) is 154 cm³/mol. The van der Waals surface area contributed by atoms with Gasteiger partial charge in [0.15, 0.2) is 0 Å². The summed E-state index contributed by atoms with van der Waals surface area (Å²) in [5.41, 5.74) is 6.50. The summed E-state index contributed by atoms with van der Waals surface area (Å²) in [5, 5.41) is 8.03. The molecule has 0 aliphatic rings. The standard InChI is InChI=1S/C27H30Br2N4O4/c1-3-14-36-24-12-10-22(28)16-20(24)18-30-32-26(34)8-6-5-7-9-27(35)33-31-19-21-17-23(29)11-13-25(21)37-15-4-2/h3-4,10-13,16-19H,1-2,5-9,14-15H2,(H,32,34)(H,33,35). The third kappa shape index (κ3) is 12.0. The van der Waals surface area contributed by atoms with Crippen LogP contribution in [0.1, 0.15) is 43.2 Å². The van der Waals surface area contributed by atoms with E-state index in [0.29, 0.717) is 50.4 Å². The summed E-state index contributed by atoms with van der Waals surface area (Å²) in [5.74, 6) is 0.887. The van der Waals surface area contributed by atoms with E-state index in [9.17, 15) is 9.59 Å². The van der Waals surface area contributed by atoms with E-state index in [1.807, 2.05) is 36.4 Å². The Labute approximate surface area is 234 Å². The molecule has 2 N–H and O–H groups in total. The van der Waals surface area contributed by atoms with Crippen LogP contribution in [-0.4, -0.2) is 37.5 Å². The number of rotatable bonds is 16. The third-order valence-electron chi connectivity index (χ3n) is 4.75. The lowest BCUT2D eigenvalue weighted by molar-refractivity contribution is -0.121. The molecule has 0 spiro atoms. The van der Waals surface area contributed by atoms with Gasteiger partial charge in [0.2, 0.25) is 11.8 Å². The molecule has 2 aromatic rings. The Morgan fingerprint density at radius 1 is 0.757 bits per heavy atom. The van der Waals surface area contributed by atoms with Gasteiger partial charge in [-0.15, -0.1) is 0 Å². The summed E-state index contributed by atoms with van der Waals surface area (Å²) in [6.45, 7) is 8.02. The molecule has 0 atom stereocenters. The van der Waals surface area contributed by atoms with Crippen molar-refractivity contribution >= 4 is 56.1 Å². The van der Waals surface area contributed by atoms with Gasteiger partial charge in [-0.1, -0.05) is 63.6 Å². The Bertz CT molecular complexity index is 1050. The van der Waals surface area contributed by atoms with E-state index < -0.39 is 0 Å². The zero-order valence-corrected chi connectivity index (χ0v) is 23.6. The molecule has 0 saturated heterocycles. The minimum Gasteiger partial charge on any atom is -0.489 e. The SMILES string of the molecule is C=CCOc1ccc(Br)cc1C=NNC(=O)CCCCCC(=O)NN=Cc1cc(Br)ccc1OCC=C. The summed E-state index contributed by atoms with van der Waals surface area (Å²) in [6.07, 6.45) is 9.02. The zero-order chi connectivity index (χ0) is 26.9. The van der Waals surface area contributed by atoms with Crippen LogP contribution in [0, 0.1) is 0 Å². The first-order valence-electron chi connectivity index (χ1n) is 11.6. The summed E-state index contributed by atoms with van der Waals surface area (Å²) in [7, 11) is 0. The minimum atomic E-state index is -0.197. The average molecular weight is 634 g/mol. The molecule has 0 fully saturated rings. The first-order chi connectivity index (χ1) is 17.9. The predicted octanol–water partition coefficient (Wildman–Crippen LogP) is 5.89. The highest BCUT2D eigenvalue weighted by Gasteiger charge is 2.05. The fourth-order valence-electron chi connectivity index (χ4n) is 3.01. The lowest BCUT2D eigenvalue weighted by atomic mass is 10.1. The number of hydrogen-bond acceptors (Lipinski definition) is 6. The van der Waals surface area contributed by atoms with E-state index in [0.717, 1.165) is 26.5 Å². The van der Waals surface area contributed by atoms with Gasteiger partial charge in [0.25, 0.3) is 0 Å². The van der Waals surface area contributed by atoms with Crippen molar-refractivity contribution < 1.29 is 19.1 Å². The highest BCUT2D eigenvalue weighted by Crippen LogP contribution is 2.22. The Kier molecular flexibility index (Phi) is 14.0. The lowest BCUT2D eigenvalue weighted by Crippen LogP contribution is -2.18. The zero-order valence-electron chi connectivity index (χ0n) is 20.4. The molecule has 0 aliphatic heterocycles. The lowest BCUT2D eigenvalue weighted by Gasteiger charge is -2.07. The van der Waals surface area contributed by atoms with Gasteiger partial charge in [-0.05, 0) is 49.2 Å². The van der Waals surface area contributed by atoms with Gasteiger partial charge in [0.05, 0.1) is 12.4 Å². The number of ether oxygens (including phenoxy) is 2. The van der Waals surface area contributed by atoms with Crippen LogP contribution < -0.4 is 20.3 Å². The second-order valence-electron chi connectivity index (χ2n) is 7.71. The van der Waals surface area contributed by atoms with Gasteiger partial charge in [-0.25, -0.2) is 10.9 Å². The monoisotopic (exact) mass is 632 g/mol. The highest BCUT2D eigenvalue weighted by molar-refractivity contribution is 9.10. The topological polar surface area (TPSA) is 101 Å². The second kappa shape index (κ2) is 17.3. The number of carbonyl (C=O) groups is 2. The average Bonchev–Trinajstić information content (AvgIpc) is 2.87. The maximum Gasteiger partial charge on any atom is 0.240 e. The van der Waals surface area contributed by atoms with Crippen molar-refractivity contribution in [3.05, 3.63) is 81.8 Å². The fraction of sp³-hybridized carbons (Fsp3) is 0.259. The summed E-state index contributed by atoms with van der Waals surface area (Å²) in [4.78, 5) is 24.1. The first kappa shape index (κ1) is 30.0. The molecule has 37 heavy (non-hydrogen) atoms. The third-order valence-corrected chi connectivity index (χ3v) is 5.74. The summed E-state index contributed by atoms with van der Waals surface area (Å²) in [6, 6.07) is 11.0. The van der Waals surface area contributed by atoms with Crippen molar-refractivity contribution in [2.45, 2.75) is 32.1 Å². The fourth-order valence-corrected chi connectivity index (χ4v) is 3.77. The summed E-state index contributed by atoms with van der Waals surface area (Å²) < 4.78 is 12.9. The Morgan fingerprint density at radius 3 is 1.59 bits per heavy atom. The minimum absolute atomic E-state index is 0.197. The van der Waals surface area contributed by atoms with E-state index in [4.69, 9.17) is 9.47 Å². The Morgan fingerprint density at radius 2 is 1.19 bits per heavy atom. The van der Waals surface area contributed by atoms with Crippen molar-refractivity contribution in [3.8, 4) is 11.5 Å². The Hall–Kier alpha value is -3.24. The van der Waals surface area contributed by atoms with Gasteiger partial charge in [0.1, 0.15) is 24.7 Å². The van der Waals surface area contributed by atoms with Crippen LogP contribution in [0.5, 0.6) is 11.5 Å². The number of nitrogens with zero attached hydrogens (tertiary/aromatic N) is 2. The smallest absolute Gasteiger partial charge is 0.240 e. The molecule has 0 radical (unpaired) electrons. The van der Waals surface area contributed by atoms with Crippen molar-refractivity contribution in [2.75, 3.05) is 13.2 Å². The molecule has 2 rings (SSSR count). The van der Waals surface area contributed by atoms with Crippen molar-refractivity contribution in [1.82, 2.24) is 10.9 Å². The maximum atomic E-state index is 12.1. The van der Waals surface area contributed by atoms with Crippen molar-refractivity contribution in [2.24, 2.45) is 10.2 Å². The number of nitrogens with one attached hydrogen (secondary N) is 2. The molecule has 0 aliphatic carbocycles. The number of unbranched alkanes of at least 4 members (excludes halogenated alkanes) is 2. The van der Waals surface area contributed by atoms with Crippen LogP contribution in [0.3, 0.4) is 0 Å². The molecule has 2 aromatic carbocycles. The van der Waals surface area contributed by atoms with Gasteiger partial charge >= 0.3 is 0 Å². The van der Waals surface area contributed by atoms with Crippen LogP contribution in [0.25, 0.3) is 0 Å². The van der Waals surface area contributed by atoms with Crippen LogP contribution in [-0.2, 0) is 9.59 Å².